The molecule has 0 saturated heterocycles. The molecule has 0 amide bonds. The van der Waals surface area contributed by atoms with Crippen LogP contribution in [0.5, 0.6) is 0 Å². The number of halogens is 3. The fourth-order valence-electron chi connectivity index (χ4n) is 2.43. The number of rotatable bonds is 6. The second-order valence-corrected chi connectivity index (χ2v) is 8.69. The van der Waals surface area contributed by atoms with Crippen LogP contribution in [0.3, 0.4) is 0 Å². The maximum Gasteiger partial charge on any atom is 0.246 e. The van der Waals surface area contributed by atoms with Gasteiger partial charge in [0.2, 0.25) is 10.0 Å². The zero-order valence-electron chi connectivity index (χ0n) is 12.1. The first-order chi connectivity index (χ1) is 10.3. The minimum atomic E-state index is -3.93. The number of hydrogen-bond donors (Lipinski definition) is 1. The molecule has 1 fully saturated rings. The first-order valence-corrected chi connectivity index (χ1v) is 9.65. The maximum atomic E-state index is 13.3. The van der Waals surface area contributed by atoms with E-state index in [0.717, 1.165) is 31.4 Å². The second-order valence-electron chi connectivity index (χ2n) is 5.60. The van der Waals surface area contributed by atoms with Crippen LogP contribution in [-0.2, 0) is 10.0 Å². The Kier molecular flexibility index (Phi) is 5.88. The summed E-state index contributed by atoms with van der Waals surface area (Å²) in [5.74, 6) is -0.321. The summed E-state index contributed by atoms with van der Waals surface area (Å²) >= 11 is 9.03. The lowest BCUT2D eigenvalue weighted by Crippen LogP contribution is -2.44. The van der Waals surface area contributed by atoms with Gasteiger partial charge in [-0.2, -0.15) is 4.31 Å². The van der Waals surface area contributed by atoms with Crippen molar-refractivity contribution in [1.82, 2.24) is 4.31 Å². The Hall–Kier alpha value is -0.210. The molecule has 0 aromatic heterocycles. The molecule has 1 saturated carbocycles. The summed E-state index contributed by atoms with van der Waals surface area (Å²) in [6.45, 7) is 1.69. The smallest absolute Gasteiger partial charge is 0.246 e. The Bertz CT molecular complexity index is 628. The molecule has 0 radical (unpaired) electrons. The van der Waals surface area contributed by atoms with E-state index in [2.05, 4.69) is 15.9 Å². The molecule has 1 aliphatic rings. The van der Waals surface area contributed by atoms with Crippen LogP contribution < -0.4 is 0 Å². The zero-order valence-corrected chi connectivity index (χ0v) is 15.3. The van der Waals surface area contributed by atoms with Gasteiger partial charge in [0.05, 0.1) is 11.6 Å². The summed E-state index contributed by atoms with van der Waals surface area (Å²) in [4.78, 5) is -0.157. The molecule has 1 aromatic rings. The van der Waals surface area contributed by atoms with E-state index in [1.807, 2.05) is 0 Å². The number of benzene rings is 1. The molecule has 124 valence electrons. The van der Waals surface area contributed by atoms with Crippen molar-refractivity contribution in [3.63, 3.8) is 0 Å². The number of hydrogen-bond acceptors (Lipinski definition) is 3. The SMILES string of the molecule is CC(CO)N(CC1CCC1)S(=O)(=O)c1c(Cl)cc(F)cc1Br. The lowest BCUT2D eigenvalue weighted by atomic mass is 9.85. The fraction of sp³-hybridized carbons (Fsp3) is 0.571. The van der Waals surface area contributed by atoms with Crippen LogP contribution in [0.25, 0.3) is 0 Å². The molecule has 0 bridgehead atoms. The van der Waals surface area contributed by atoms with Crippen molar-refractivity contribution in [2.75, 3.05) is 13.2 Å². The van der Waals surface area contributed by atoms with Gasteiger partial charge in [0.1, 0.15) is 10.7 Å². The minimum Gasteiger partial charge on any atom is -0.395 e. The normalized spacial score (nSPS) is 17.5. The van der Waals surface area contributed by atoms with Crippen LogP contribution in [-0.4, -0.2) is 37.0 Å². The first-order valence-electron chi connectivity index (χ1n) is 7.04. The van der Waals surface area contributed by atoms with E-state index in [9.17, 15) is 17.9 Å². The molecule has 1 atom stereocenters. The largest absolute Gasteiger partial charge is 0.395 e. The van der Waals surface area contributed by atoms with Crippen molar-refractivity contribution in [3.05, 3.63) is 27.4 Å². The number of nitrogens with zero attached hydrogens (tertiary/aromatic N) is 1. The Morgan fingerprint density at radius 2 is 2.14 bits per heavy atom. The van der Waals surface area contributed by atoms with Gasteiger partial charge in [-0.25, -0.2) is 12.8 Å². The molecule has 8 heteroatoms. The van der Waals surface area contributed by atoms with Crippen LogP contribution in [0.4, 0.5) is 4.39 Å². The third-order valence-corrected chi connectivity index (χ3v) is 7.33. The maximum absolute atomic E-state index is 13.3. The molecule has 22 heavy (non-hydrogen) atoms. The van der Waals surface area contributed by atoms with Gasteiger partial charge in [0.25, 0.3) is 0 Å². The molecule has 0 aliphatic heterocycles. The summed E-state index contributed by atoms with van der Waals surface area (Å²) in [6.07, 6.45) is 3.04. The van der Waals surface area contributed by atoms with Crippen LogP contribution in [0, 0.1) is 11.7 Å². The number of aliphatic hydroxyl groups is 1. The summed E-state index contributed by atoms with van der Waals surface area (Å²) in [6, 6.07) is 1.48. The molecule has 2 rings (SSSR count). The molecule has 1 N–H and O–H groups in total. The van der Waals surface area contributed by atoms with Crippen LogP contribution in [0.1, 0.15) is 26.2 Å². The Morgan fingerprint density at radius 3 is 2.59 bits per heavy atom. The van der Waals surface area contributed by atoms with Gasteiger partial charge in [0, 0.05) is 17.1 Å². The van der Waals surface area contributed by atoms with E-state index >= 15 is 0 Å². The van der Waals surface area contributed by atoms with Gasteiger partial charge in [-0.05, 0) is 53.7 Å². The summed E-state index contributed by atoms with van der Waals surface area (Å²) in [5, 5.41) is 9.22. The Morgan fingerprint density at radius 1 is 1.50 bits per heavy atom. The molecule has 1 aliphatic carbocycles. The van der Waals surface area contributed by atoms with E-state index < -0.39 is 21.9 Å². The van der Waals surface area contributed by atoms with E-state index in [-0.39, 0.29) is 21.0 Å². The van der Waals surface area contributed by atoms with E-state index in [1.54, 1.807) is 6.92 Å². The van der Waals surface area contributed by atoms with Gasteiger partial charge in [-0.1, -0.05) is 18.0 Å². The fourth-order valence-corrected chi connectivity index (χ4v) is 5.88. The van der Waals surface area contributed by atoms with Gasteiger partial charge in [0.15, 0.2) is 0 Å². The predicted octanol–water partition coefficient (Wildman–Crippen LogP) is 3.41. The second kappa shape index (κ2) is 7.13. The number of sulfonamides is 1. The summed E-state index contributed by atoms with van der Waals surface area (Å²) in [5.41, 5.74) is 0. The molecular formula is C14H18BrClFNO3S. The minimum absolute atomic E-state index is 0.0845. The standard InChI is InChI=1S/C14H18BrClFNO3S/c1-9(8-19)18(7-10-3-2-4-10)22(20,21)14-12(15)5-11(17)6-13(14)16/h5-6,9-10,19H,2-4,7-8H2,1H3. The number of aliphatic hydroxyl groups excluding tert-OH is 1. The third-order valence-electron chi connectivity index (χ3n) is 3.95. The summed E-state index contributed by atoms with van der Waals surface area (Å²) in [7, 11) is -3.93. The molecule has 4 nitrogen and oxygen atoms in total. The predicted molar refractivity (Wildman–Crippen MR) is 86.9 cm³/mol. The third kappa shape index (κ3) is 3.64. The Labute approximate surface area is 143 Å². The quantitative estimate of drug-likeness (QED) is 0.776. The van der Waals surface area contributed by atoms with Crippen molar-refractivity contribution < 1.29 is 17.9 Å². The van der Waals surface area contributed by atoms with Crippen LogP contribution in [0.15, 0.2) is 21.5 Å². The molecule has 0 spiro atoms. The van der Waals surface area contributed by atoms with E-state index in [0.29, 0.717) is 12.5 Å². The van der Waals surface area contributed by atoms with E-state index in [1.165, 1.54) is 4.31 Å². The van der Waals surface area contributed by atoms with Crippen molar-refractivity contribution in [2.24, 2.45) is 5.92 Å². The zero-order chi connectivity index (χ0) is 16.5. The van der Waals surface area contributed by atoms with Gasteiger partial charge < -0.3 is 5.11 Å². The topological polar surface area (TPSA) is 57.6 Å². The average molecular weight is 415 g/mol. The Balaban J connectivity index is 2.44. The molecule has 1 aromatic carbocycles. The van der Waals surface area contributed by atoms with Gasteiger partial charge >= 0.3 is 0 Å². The average Bonchev–Trinajstić information content (AvgIpc) is 2.34. The summed E-state index contributed by atoms with van der Waals surface area (Å²) < 4.78 is 40.6. The highest BCUT2D eigenvalue weighted by Crippen LogP contribution is 2.36. The van der Waals surface area contributed by atoms with Crippen molar-refractivity contribution >= 4 is 37.6 Å². The van der Waals surface area contributed by atoms with Crippen molar-refractivity contribution in [1.29, 1.82) is 0 Å². The lowest BCUT2D eigenvalue weighted by Gasteiger charge is -2.34. The highest BCUT2D eigenvalue weighted by Gasteiger charge is 2.35. The van der Waals surface area contributed by atoms with Crippen LogP contribution in [0.2, 0.25) is 5.02 Å². The molecular weight excluding hydrogens is 397 g/mol. The highest BCUT2D eigenvalue weighted by molar-refractivity contribution is 9.10. The van der Waals surface area contributed by atoms with Gasteiger partial charge in [-0.3, -0.25) is 0 Å². The van der Waals surface area contributed by atoms with Gasteiger partial charge in [-0.15, -0.1) is 0 Å². The van der Waals surface area contributed by atoms with Crippen molar-refractivity contribution in [2.45, 2.75) is 37.1 Å². The lowest BCUT2D eigenvalue weighted by molar-refractivity contribution is 0.162. The molecule has 1 unspecified atom stereocenters. The van der Waals surface area contributed by atoms with E-state index in [4.69, 9.17) is 11.6 Å². The van der Waals surface area contributed by atoms with Crippen molar-refractivity contribution in [3.8, 4) is 0 Å². The molecule has 0 heterocycles. The monoisotopic (exact) mass is 413 g/mol. The highest BCUT2D eigenvalue weighted by atomic mass is 79.9. The first kappa shape index (κ1) is 18.1. The van der Waals surface area contributed by atoms with Crippen LogP contribution >= 0.6 is 27.5 Å².